The molecule has 3 heterocycles. The fraction of sp³-hybridized carbons (Fsp3) is 0.417. The fourth-order valence-electron chi connectivity index (χ4n) is 5.01. The number of benzene rings is 2. The van der Waals surface area contributed by atoms with Gasteiger partial charge in [0, 0.05) is 37.1 Å². The van der Waals surface area contributed by atoms with Gasteiger partial charge in [-0.05, 0) is 37.6 Å². The molecule has 0 unspecified atom stereocenters. The minimum Gasteiger partial charge on any atom is -0.493 e. The largest absolute Gasteiger partial charge is 0.493 e. The molecule has 3 aliphatic rings. The van der Waals surface area contributed by atoms with Crippen LogP contribution in [0.2, 0.25) is 0 Å². The number of aryl methyl sites for hydroxylation is 2. The summed E-state index contributed by atoms with van der Waals surface area (Å²) in [6, 6.07) is 12.4. The number of fused-ring (bicyclic) bond motifs is 4. The SMILES string of the molecule is COc1cccc2c1OC1(CCN(S(C)(=O)=O)CC1)N1NC(c3cc(C)ccc3C)=C[C@H]21. The van der Waals surface area contributed by atoms with E-state index in [-0.39, 0.29) is 6.04 Å². The maximum atomic E-state index is 12.1. The van der Waals surface area contributed by atoms with Gasteiger partial charge in [0.2, 0.25) is 10.0 Å². The lowest BCUT2D eigenvalue weighted by molar-refractivity contribution is -0.154. The van der Waals surface area contributed by atoms with Crippen molar-refractivity contribution >= 4 is 15.7 Å². The van der Waals surface area contributed by atoms with Crippen molar-refractivity contribution in [3.63, 3.8) is 0 Å². The fourth-order valence-corrected chi connectivity index (χ4v) is 5.86. The normalized spacial score (nSPS) is 22.5. The predicted octanol–water partition coefficient (Wildman–Crippen LogP) is 3.36. The highest BCUT2D eigenvalue weighted by atomic mass is 32.2. The Labute approximate surface area is 189 Å². The Hall–Kier alpha value is -2.55. The van der Waals surface area contributed by atoms with Crippen molar-refractivity contribution in [3.05, 3.63) is 64.7 Å². The predicted molar refractivity (Wildman–Crippen MR) is 124 cm³/mol. The number of piperidine rings is 1. The van der Waals surface area contributed by atoms with E-state index >= 15 is 0 Å². The second-order valence-electron chi connectivity index (χ2n) is 8.91. The third-order valence-electron chi connectivity index (χ3n) is 6.78. The molecule has 0 amide bonds. The van der Waals surface area contributed by atoms with Crippen LogP contribution in [0.25, 0.3) is 5.70 Å². The number of methoxy groups -OCH3 is 1. The quantitative estimate of drug-likeness (QED) is 0.765. The van der Waals surface area contributed by atoms with Crippen molar-refractivity contribution in [1.82, 2.24) is 14.7 Å². The van der Waals surface area contributed by atoms with E-state index in [1.165, 1.54) is 21.7 Å². The van der Waals surface area contributed by atoms with E-state index < -0.39 is 15.7 Å². The first kappa shape index (κ1) is 21.3. The Morgan fingerprint density at radius 3 is 2.59 bits per heavy atom. The average molecular weight is 456 g/mol. The van der Waals surface area contributed by atoms with Crippen LogP contribution in [0.15, 0.2) is 42.5 Å². The molecule has 2 aromatic rings. The van der Waals surface area contributed by atoms with Gasteiger partial charge in [-0.15, -0.1) is 0 Å². The molecule has 1 atom stereocenters. The zero-order chi connectivity index (χ0) is 22.7. The van der Waals surface area contributed by atoms with Gasteiger partial charge < -0.3 is 14.9 Å². The second-order valence-corrected chi connectivity index (χ2v) is 10.9. The summed E-state index contributed by atoms with van der Waals surface area (Å²) >= 11 is 0. The van der Waals surface area contributed by atoms with Crippen molar-refractivity contribution < 1.29 is 17.9 Å². The van der Waals surface area contributed by atoms with Crippen LogP contribution in [0, 0.1) is 13.8 Å². The summed E-state index contributed by atoms with van der Waals surface area (Å²) in [5.41, 5.74) is 8.59. The van der Waals surface area contributed by atoms with Crippen molar-refractivity contribution in [3.8, 4) is 11.5 Å². The molecule has 170 valence electrons. The zero-order valence-corrected chi connectivity index (χ0v) is 19.7. The molecule has 1 saturated heterocycles. The van der Waals surface area contributed by atoms with E-state index in [0.717, 1.165) is 22.6 Å². The first-order chi connectivity index (χ1) is 15.2. The molecule has 32 heavy (non-hydrogen) atoms. The van der Waals surface area contributed by atoms with E-state index in [1.807, 2.05) is 12.1 Å². The summed E-state index contributed by atoms with van der Waals surface area (Å²) < 4.78 is 38.1. The molecule has 8 heteroatoms. The van der Waals surface area contributed by atoms with E-state index in [9.17, 15) is 8.42 Å². The minimum atomic E-state index is -3.24. The lowest BCUT2D eigenvalue weighted by Crippen LogP contribution is -2.64. The van der Waals surface area contributed by atoms with Gasteiger partial charge in [0.05, 0.1) is 25.1 Å². The zero-order valence-electron chi connectivity index (χ0n) is 18.9. The number of hydrazine groups is 1. The van der Waals surface area contributed by atoms with E-state index in [2.05, 4.69) is 54.6 Å². The topological polar surface area (TPSA) is 71.1 Å². The summed E-state index contributed by atoms with van der Waals surface area (Å²) in [5, 5.41) is 2.17. The molecule has 1 fully saturated rings. The molecule has 0 radical (unpaired) electrons. The van der Waals surface area contributed by atoms with Gasteiger partial charge in [0.15, 0.2) is 17.2 Å². The van der Waals surface area contributed by atoms with Crippen LogP contribution in [0.3, 0.4) is 0 Å². The van der Waals surface area contributed by atoms with Crippen LogP contribution in [0.1, 0.15) is 41.1 Å². The van der Waals surface area contributed by atoms with Crippen molar-refractivity contribution in [2.45, 2.75) is 38.5 Å². The van der Waals surface area contributed by atoms with Crippen LogP contribution in [-0.4, -0.2) is 49.9 Å². The molecular weight excluding hydrogens is 426 g/mol. The standard InChI is InChI=1S/C24H29N3O4S/c1-16-8-9-17(2)19(14-16)20-15-21-18-6-5-7-22(30-3)23(18)31-24(27(21)25-20)10-12-26(13-11-24)32(4,28)29/h5-9,14-15,21,25H,10-13H2,1-4H3/t21-/m1/s1. The molecule has 0 saturated carbocycles. The number of sulfonamides is 1. The van der Waals surface area contributed by atoms with Gasteiger partial charge >= 0.3 is 0 Å². The lowest BCUT2D eigenvalue weighted by atomic mass is 9.93. The number of hydrogen-bond acceptors (Lipinski definition) is 6. The van der Waals surface area contributed by atoms with Gasteiger partial charge in [0.25, 0.3) is 0 Å². The van der Waals surface area contributed by atoms with E-state index in [0.29, 0.717) is 31.7 Å². The highest BCUT2D eigenvalue weighted by Gasteiger charge is 2.53. The summed E-state index contributed by atoms with van der Waals surface area (Å²) in [6.45, 7) is 5.03. The van der Waals surface area contributed by atoms with E-state index in [1.54, 1.807) is 7.11 Å². The number of ether oxygens (including phenoxy) is 2. The molecule has 2 aromatic carbocycles. The maximum Gasteiger partial charge on any atom is 0.211 e. The number of para-hydroxylation sites is 1. The van der Waals surface area contributed by atoms with Crippen LogP contribution in [-0.2, 0) is 10.0 Å². The Bertz CT molecular complexity index is 1200. The van der Waals surface area contributed by atoms with Crippen molar-refractivity contribution in [2.75, 3.05) is 26.5 Å². The molecule has 5 rings (SSSR count). The van der Waals surface area contributed by atoms with Gasteiger partial charge in [-0.25, -0.2) is 12.7 Å². The highest BCUT2D eigenvalue weighted by Crippen LogP contribution is 2.51. The van der Waals surface area contributed by atoms with Gasteiger partial charge in [-0.1, -0.05) is 29.8 Å². The Balaban J connectivity index is 1.59. The molecule has 0 aromatic heterocycles. The van der Waals surface area contributed by atoms with E-state index in [4.69, 9.17) is 9.47 Å². The Kier molecular flexibility index (Phi) is 5.00. The molecule has 0 bridgehead atoms. The molecule has 7 nitrogen and oxygen atoms in total. The Morgan fingerprint density at radius 2 is 1.91 bits per heavy atom. The Morgan fingerprint density at radius 1 is 1.16 bits per heavy atom. The first-order valence-corrected chi connectivity index (χ1v) is 12.7. The van der Waals surface area contributed by atoms with Crippen molar-refractivity contribution in [1.29, 1.82) is 0 Å². The smallest absolute Gasteiger partial charge is 0.211 e. The van der Waals surface area contributed by atoms with Crippen LogP contribution in [0.4, 0.5) is 0 Å². The number of hydrogen-bond donors (Lipinski definition) is 1. The van der Waals surface area contributed by atoms with Gasteiger partial charge in [-0.3, -0.25) is 0 Å². The van der Waals surface area contributed by atoms with Gasteiger partial charge in [0.1, 0.15) is 0 Å². The summed E-state index contributed by atoms with van der Waals surface area (Å²) in [7, 11) is -1.59. The lowest BCUT2D eigenvalue weighted by Gasteiger charge is -2.51. The molecule has 0 aliphatic carbocycles. The highest BCUT2D eigenvalue weighted by molar-refractivity contribution is 7.88. The summed E-state index contributed by atoms with van der Waals surface area (Å²) in [6.07, 6.45) is 4.61. The second kappa shape index (κ2) is 7.50. The molecule has 1 N–H and O–H groups in total. The van der Waals surface area contributed by atoms with Crippen LogP contribution < -0.4 is 14.9 Å². The first-order valence-electron chi connectivity index (χ1n) is 10.9. The summed E-state index contributed by atoms with van der Waals surface area (Å²) in [4.78, 5) is 0. The molecule has 1 spiro atoms. The molecule has 3 aliphatic heterocycles. The van der Waals surface area contributed by atoms with Crippen molar-refractivity contribution in [2.24, 2.45) is 0 Å². The monoisotopic (exact) mass is 455 g/mol. The molecular formula is C24H29N3O4S. The minimum absolute atomic E-state index is 0.0476. The third-order valence-corrected chi connectivity index (χ3v) is 8.08. The van der Waals surface area contributed by atoms with Crippen LogP contribution in [0.5, 0.6) is 11.5 Å². The number of nitrogens with zero attached hydrogens (tertiary/aromatic N) is 2. The van der Waals surface area contributed by atoms with Gasteiger partial charge in [-0.2, -0.15) is 5.01 Å². The summed E-state index contributed by atoms with van der Waals surface area (Å²) in [5.74, 6) is 1.44. The third kappa shape index (κ3) is 3.37. The maximum absolute atomic E-state index is 12.1. The van der Waals surface area contributed by atoms with Crippen LogP contribution >= 0.6 is 0 Å². The number of nitrogens with one attached hydrogen (secondary N) is 1. The average Bonchev–Trinajstić information content (AvgIpc) is 3.21. The number of rotatable bonds is 3.